The van der Waals surface area contributed by atoms with Gasteiger partial charge in [-0.15, -0.1) is 0 Å². The molecule has 0 spiro atoms. The molecule has 176 valence electrons. The van der Waals surface area contributed by atoms with Crippen molar-refractivity contribution in [2.75, 3.05) is 13.2 Å². The standard InChI is InChI=1S/C26H44N2O3/c1-18(17-28-31-14-4-13-27)15-20-7-12-26(30)23-6-5-19-16-21(29)8-10-24(19,2)22(23)9-11-25(20,26)3/h15,17,19-23,29-30H,4-14,16,27H2,1-3H3/t19?,20?,21?,22-,23-,24+,25-,26-/m1/s1. The molecule has 8 atom stereocenters. The molecule has 4 fully saturated rings. The lowest BCUT2D eigenvalue weighted by atomic mass is 9.43. The molecule has 31 heavy (non-hydrogen) atoms. The largest absolute Gasteiger partial charge is 0.396 e. The minimum absolute atomic E-state index is 0.0684. The van der Waals surface area contributed by atoms with Gasteiger partial charge in [-0.05, 0) is 112 Å². The van der Waals surface area contributed by atoms with Crippen LogP contribution in [-0.2, 0) is 4.84 Å². The first-order chi connectivity index (χ1) is 14.7. The van der Waals surface area contributed by atoms with Crippen molar-refractivity contribution in [1.29, 1.82) is 0 Å². The van der Waals surface area contributed by atoms with Gasteiger partial charge in [-0.2, -0.15) is 0 Å². The summed E-state index contributed by atoms with van der Waals surface area (Å²) in [6.45, 7) is 8.08. The molecule has 0 aromatic heterocycles. The molecule has 5 heteroatoms. The van der Waals surface area contributed by atoms with E-state index in [1.165, 1.54) is 12.8 Å². The Hall–Kier alpha value is -0.910. The first-order valence-corrected chi connectivity index (χ1v) is 12.7. The summed E-state index contributed by atoms with van der Waals surface area (Å²) in [7, 11) is 0. The van der Waals surface area contributed by atoms with Gasteiger partial charge in [-0.25, -0.2) is 0 Å². The number of aliphatic hydroxyl groups excluding tert-OH is 1. The Morgan fingerprint density at radius 1 is 1.10 bits per heavy atom. The second kappa shape index (κ2) is 8.79. The summed E-state index contributed by atoms with van der Waals surface area (Å²) in [6.07, 6.45) is 14.4. The van der Waals surface area contributed by atoms with E-state index in [0.29, 0.717) is 36.8 Å². The molecular weight excluding hydrogens is 388 g/mol. The molecule has 0 aromatic rings. The molecule has 4 N–H and O–H groups in total. The summed E-state index contributed by atoms with van der Waals surface area (Å²) in [5.74, 6) is 2.00. The minimum atomic E-state index is -0.573. The molecule has 0 bridgehead atoms. The zero-order valence-corrected chi connectivity index (χ0v) is 19.9. The van der Waals surface area contributed by atoms with Crippen LogP contribution in [0.1, 0.15) is 85.0 Å². The topological polar surface area (TPSA) is 88.1 Å². The SMILES string of the molecule is CC(C=NOCCCN)=CC1CC[C@@]2(O)[C@@H]3CCC4CC(O)CC[C@]4(C)[C@@H]3CC[C@]12C. The van der Waals surface area contributed by atoms with E-state index in [1.54, 1.807) is 0 Å². The Morgan fingerprint density at radius 2 is 1.90 bits per heavy atom. The fourth-order valence-corrected chi connectivity index (χ4v) is 8.19. The molecule has 0 heterocycles. The van der Waals surface area contributed by atoms with Gasteiger partial charge in [0.15, 0.2) is 0 Å². The van der Waals surface area contributed by atoms with Crippen LogP contribution in [0.2, 0.25) is 0 Å². The van der Waals surface area contributed by atoms with Crippen molar-refractivity contribution in [2.45, 2.75) is 96.7 Å². The molecule has 4 aliphatic carbocycles. The predicted molar refractivity (Wildman–Crippen MR) is 125 cm³/mol. The highest BCUT2D eigenvalue weighted by molar-refractivity contribution is 5.77. The summed E-state index contributed by atoms with van der Waals surface area (Å²) in [4.78, 5) is 5.28. The zero-order chi connectivity index (χ0) is 22.3. The van der Waals surface area contributed by atoms with Crippen LogP contribution in [0.4, 0.5) is 0 Å². The van der Waals surface area contributed by atoms with Crippen LogP contribution in [0.15, 0.2) is 16.8 Å². The van der Waals surface area contributed by atoms with Crippen molar-refractivity contribution < 1.29 is 15.1 Å². The number of nitrogens with zero attached hydrogens (tertiary/aromatic N) is 1. The van der Waals surface area contributed by atoms with Crippen LogP contribution in [0.3, 0.4) is 0 Å². The third-order valence-electron chi connectivity index (χ3n) is 10.1. The van der Waals surface area contributed by atoms with Gasteiger partial charge in [-0.1, -0.05) is 25.1 Å². The van der Waals surface area contributed by atoms with Crippen molar-refractivity contribution >= 4 is 6.21 Å². The average molecular weight is 433 g/mol. The Morgan fingerprint density at radius 3 is 2.68 bits per heavy atom. The maximum absolute atomic E-state index is 12.2. The number of hydrogen-bond donors (Lipinski definition) is 3. The summed E-state index contributed by atoms with van der Waals surface area (Å²) in [5, 5.41) is 26.6. The first-order valence-electron chi connectivity index (χ1n) is 12.7. The molecule has 4 saturated carbocycles. The van der Waals surface area contributed by atoms with E-state index in [0.717, 1.165) is 56.9 Å². The molecule has 5 nitrogen and oxygen atoms in total. The number of oxime groups is 1. The monoisotopic (exact) mass is 432 g/mol. The van der Waals surface area contributed by atoms with E-state index in [1.807, 2.05) is 6.21 Å². The number of nitrogens with two attached hydrogens (primary N) is 1. The lowest BCUT2D eigenvalue weighted by Crippen LogP contribution is -2.62. The second-order valence-electron chi connectivity index (χ2n) is 11.6. The Labute approximate surface area is 188 Å². The van der Waals surface area contributed by atoms with E-state index in [2.05, 4.69) is 32.0 Å². The molecular formula is C26H44N2O3. The second-order valence-corrected chi connectivity index (χ2v) is 11.6. The fraction of sp³-hybridized carbons (Fsp3) is 0.885. The fourth-order valence-electron chi connectivity index (χ4n) is 8.19. The number of hydrogen-bond acceptors (Lipinski definition) is 5. The smallest absolute Gasteiger partial charge is 0.118 e. The third-order valence-corrected chi connectivity index (χ3v) is 10.1. The molecule has 0 radical (unpaired) electrons. The summed E-state index contributed by atoms with van der Waals surface area (Å²) in [6, 6.07) is 0. The number of aliphatic hydroxyl groups is 2. The normalized spacial score (nSPS) is 47.7. The van der Waals surface area contributed by atoms with E-state index < -0.39 is 5.60 Å². The molecule has 0 amide bonds. The Bertz CT molecular complexity index is 709. The quantitative estimate of drug-likeness (QED) is 0.329. The van der Waals surface area contributed by atoms with Crippen LogP contribution < -0.4 is 5.73 Å². The highest BCUT2D eigenvalue weighted by atomic mass is 16.6. The number of allylic oxidation sites excluding steroid dienone is 2. The Balaban J connectivity index is 1.50. The van der Waals surface area contributed by atoms with Gasteiger partial charge >= 0.3 is 0 Å². The maximum atomic E-state index is 12.2. The van der Waals surface area contributed by atoms with E-state index >= 15 is 0 Å². The highest BCUT2D eigenvalue weighted by Crippen LogP contribution is 2.69. The minimum Gasteiger partial charge on any atom is -0.396 e. The van der Waals surface area contributed by atoms with E-state index in [-0.39, 0.29) is 16.9 Å². The lowest BCUT2D eigenvalue weighted by Gasteiger charge is -2.63. The van der Waals surface area contributed by atoms with Crippen LogP contribution in [-0.4, -0.2) is 41.3 Å². The molecule has 4 rings (SSSR count). The van der Waals surface area contributed by atoms with Crippen molar-refractivity contribution in [3.8, 4) is 0 Å². The maximum Gasteiger partial charge on any atom is 0.118 e. The average Bonchev–Trinajstić information content (AvgIpc) is 2.99. The van der Waals surface area contributed by atoms with E-state index in [4.69, 9.17) is 10.6 Å². The van der Waals surface area contributed by atoms with Crippen LogP contribution in [0.25, 0.3) is 0 Å². The molecule has 4 aliphatic rings. The summed E-state index contributed by atoms with van der Waals surface area (Å²) >= 11 is 0. The molecule has 0 aromatic carbocycles. The molecule has 0 saturated heterocycles. The van der Waals surface area contributed by atoms with Crippen molar-refractivity contribution in [1.82, 2.24) is 0 Å². The van der Waals surface area contributed by atoms with Gasteiger partial charge in [0.05, 0.1) is 17.9 Å². The summed E-state index contributed by atoms with van der Waals surface area (Å²) < 4.78 is 0. The first kappa shape index (κ1) is 23.3. The van der Waals surface area contributed by atoms with E-state index in [9.17, 15) is 10.2 Å². The van der Waals surface area contributed by atoms with Gasteiger partial charge in [0, 0.05) is 5.41 Å². The van der Waals surface area contributed by atoms with Crippen LogP contribution in [0.5, 0.6) is 0 Å². The van der Waals surface area contributed by atoms with Gasteiger partial charge < -0.3 is 20.8 Å². The van der Waals surface area contributed by atoms with Crippen LogP contribution >= 0.6 is 0 Å². The van der Waals surface area contributed by atoms with Crippen molar-refractivity contribution in [3.05, 3.63) is 11.6 Å². The molecule has 3 unspecified atom stereocenters. The van der Waals surface area contributed by atoms with Crippen LogP contribution in [0, 0.1) is 34.5 Å². The molecule has 0 aliphatic heterocycles. The third kappa shape index (κ3) is 3.89. The Kier molecular flexibility index (Phi) is 6.60. The van der Waals surface area contributed by atoms with Crippen molar-refractivity contribution in [3.63, 3.8) is 0 Å². The van der Waals surface area contributed by atoms with Gasteiger partial charge in [0.25, 0.3) is 0 Å². The number of fused-ring (bicyclic) bond motifs is 5. The summed E-state index contributed by atoms with van der Waals surface area (Å²) in [5.41, 5.74) is 6.25. The van der Waals surface area contributed by atoms with Crippen molar-refractivity contribution in [2.24, 2.45) is 45.4 Å². The highest BCUT2D eigenvalue weighted by Gasteiger charge is 2.66. The van der Waals surface area contributed by atoms with Gasteiger partial charge in [0.1, 0.15) is 6.61 Å². The predicted octanol–water partition coefficient (Wildman–Crippen LogP) is 4.42. The van der Waals surface area contributed by atoms with Gasteiger partial charge in [-0.3, -0.25) is 0 Å². The number of rotatable bonds is 6. The lowest BCUT2D eigenvalue weighted by molar-refractivity contribution is -0.207. The zero-order valence-electron chi connectivity index (χ0n) is 19.9. The van der Waals surface area contributed by atoms with Gasteiger partial charge in [0.2, 0.25) is 0 Å².